The van der Waals surface area contributed by atoms with Gasteiger partial charge in [-0.3, -0.25) is 0 Å². The van der Waals surface area contributed by atoms with E-state index in [1.165, 1.54) is 29.2 Å². The number of benzene rings is 1. The van der Waals surface area contributed by atoms with E-state index in [1.807, 2.05) is 0 Å². The molecule has 130 valence electrons. The van der Waals surface area contributed by atoms with Gasteiger partial charge in [-0.15, -0.1) is 10.2 Å². The van der Waals surface area contributed by atoms with E-state index in [0.29, 0.717) is 12.0 Å². The van der Waals surface area contributed by atoms with Crippen LogP contribution in [0.3, 0.4) is 0 Å². The van der Waals surface area contributed by atoms with Crippen molar-refractivity contribution < 1.29 is 0 Å². The van der Waals surface area contributed by atoms with Gasteiger partial charge in [0.25, 0.3) is 0 Å². The van der Waals surface area contributed by atoms with E-state index >= 15 is 0 Å². The first-order chi connectivity index (χ1) is 12.3. The van der Waals surface area contributed by atoms with E-state index in [1.54, 1.807) is 11.3 Å². The van der Waals surface area contributed by atoms with Gasteiger partial charge in [0.05, 0.1) is 11.0 Å². The molecule has 5 nitrogen and oxygen atoms in total. The maximum atomic E-state index is 4.84. The minimum absolute atomic E-state index is 0.537. The monoisotopic (exact) mass is 353 g/mol. The molecule has 2 aromatic heterocycles. The van der Waals surface area contributed by atoms with Crippen molar-refractivity contribution in [3.8, 4) is 0 Å². The summed E-state index contributed by atoms with van der Waals surface area (Å²) >= 11 is 1.80. The lowest BCUT2D eigenvalue weighted by atomic mass is 10.0. The summed E-state index contributed by atoms with van der Waals surface area (Å²) in [5.74, 6) is 1.92. The first kappa shape index (κ1) is 15.3. The van der Waals surface area contributed by atoms with Gasteiger partial charge < -0.3 is 9.47 Å². The molecule has 0 amide bonds. The number of aromatic nitrogens is 4. The molecule has 2 aliphatic rings. The van der Waals surface area contributed by atoms with Crippen molar-refractivity contribution in [2.75, 3.05) is 18.0 Å². The number of imidazole rings is 1. The van der Waals surface area contributed by atoms with E-state index in [-0.39, 0.29) is 0 Å². The number of rotatable bonds is 4. The van der Waals surface area contributed by atoms with Crippen LogP contribution in [0.2, 0.25) is 0 Å². The SMILES string of the molecule is CCc1nc2ccccc2n1C1CCN(c2nnc(C3CC3)s2)CC1. The molecule has 1 saturated carbocycles. The third-order valence-electron chi connectivity index (χ3n) is 5.44. The third-order valence-corrected chi connectivity index (χ3v) is 6.59. The Bertz CT molecular complexity index is 886. The molecule has 0 bridgehead atoms. The van der Waals surface area contributed by atoms with Gasteiger partial charge >= 0.3 is 0 Å². The van der Waals surface area contributed by atoms with Crippen LogP contribution in [0.15, 0.2) is 24.3 Å². The van der Waals surface area contributed by atoms with Gasteiger partial charge in [0, 0.05) is 31.5 Å². The number of hydrogen-bond acceptors (Lipinski definition) is 5. The summed E-state index contributed by atoms with van der Waals surface area (Å²) in [7, 11) is 0. The van der Waals surface area contributed by atoms with Crippen molar-refractivity contribution in [3.63, 3.8) is 0 Å². The van der Waals surface area contributed by atoms with Crippen LogP contribution in [-0.4, -0.2) is 32.8 Å². The molecule has 0 unspecified atom stereocenters. The van der Waals surface area contributed by atoms with Crippen LogP contribution in [0.4, 0.5) is 5.13 Å². The van der Waals surface area contributed by atoms with E-state index < -0.39 is 0 Å². The average Bonchev–Trinajstić information content (AvgIpc) is 3.27. The highest BCUT2D eigenvalue weighted by atomic mass is 32.1. The summed E-state index contributed by atoms with van der Waals surface area (Å²) in [4.78, 5) is 7.26. The Morgan fingerprint density at radius 3 is 2.64 bits per heavy atom. The molecule has 0 N–H and O–H groups in total. The summed E-state index contributed by atoms with van der Waals surface area (Å²) < 4.78 is 2.49. The Kier molecular flexibility index (Phi) is 3.73. The average molecular weight is 353 g/mol. The van der Waals surface area contributed by atoms with E-state index in [9.17, 15) is 0 Å². The minimum Gasteiger partial charge on any atom is -0.347 e. The fourth-order valence-corrected chi connectivity index (χ4v) is 4.98. The van der Waals surface area contributed by atoms with Gasteiger partial charge in [0.15, 0.2) is 0 Å². The molecule has 1 aliphatic carbocycles. The molecule has 3 heterocycles. The highest BCUT2D eigenvalue weighted by Crippen LogP contribution is 2.43. The maximum Gasteiger partial charge on any atom is 0.208 e. The first-order valence-corrected chi connectivity index (χ1v) is 10.2. The highest BCUT2D eigenvalue weighted by Gasteiger charge is 2.30. The van der Waals surface area contributed by atoms with Crippen LogP contribution >= 0.6 is 11.3 Å². The second-order valence-electron chi connectivity index (χ2n) is 7.16. The standard InChI is InChI=1S/C19H23N5S/c1-2-17-20-15-5-3-4-6-16(15)24(17)14-9-11-23(12-10-14)19-22-21-18(25-19)13-7-8-13/h3-6,13-14H,2,7-12H2,1H3. The Balaban J connectivity index is 1.36. The summed E-state index contributed by atoms with van der Waals surface area (Å²) in [5, 5.41) is 11.2. The topological polar surface area (TPSA) is 46.8 Å². The molecule has 2 fully saturated rings. The number of aryl methyl sites for hydroxylation is 1. The molecule has 1 saturated heterocycles. The van der Waals surface area contributed by atoms with Gasteiger partial charge in [-0.2, -0.15) is 0 Å². The predicted octanol–water partition coefficient (Wildman–Crippen LogP) is 4.17. The first-order valence-electron chi connectivity index (χ1n) is 9.37. The molecule has 3 aromatic rings. The molecule has 0 radical (unpaired) electrons. The Labute approximate surface area is 151 Å². The summed E-state index contributed by atoms with van der Waals surface area (Å²) in [5.41, 5.74) is 2.41. The quantitative estimate of drug-likeness (QED) is 0.706. The van der Waals surface area contributed by atoms with Crippen molar-refractivity contribution in [1.82, 2.24) is 19.7 Å². The fraction of sp³-hybridized carbons (Fsp3) is 0.526. The van der Waals surface area contributed by atoms with Crippen LogP contribution < -0.4 is 4.90 Å². The van der Waals surface area contributed by atoms with Crippen LogP contribution in [-0.2, 0) is 6.42 Å². The van der Waals surface area contributed by atoms with Crippen LogP contribution in [0, 0.1) is 0 Å². The van der Waals surface area contributed by atoms with E-state index in [2.05, 4.69) is 50.9 Å². The fourth-order valence-electron chi connectivity index (χ4n) is 3.92. The summed E-state index contributed by atoms with van der Waals surface area (Å²) in [6.07, 6.45) is 5.86. The molecular weight excluding hydrogens is 330 g/mol. The maximum absolute atomic E-state index is 4.84. The molecule has 25 heavy (non-hydrogen) atoms. The lowest BCUT2D eigenvalue weighted by Crippen LogP contribution is -2.35. The van der Waals surface area contributed by atoms with Gasteiger partial charge in [0.1, 0.15) is 10.8 Å². The van der Waals surface area contributed by atoms with E-state index in [0.717, 1.165) is 43.0 Å². The third kappa shape index (κ3) is 2.72. The second-order valence-corrected chi connectivity index (χ2v) is 8.14. The van der Waals surface area contributed by atoms with E-state index in [4.69, 9.17) is 4.98 Å². The molecule has 6 heteroatoms. The number of fused-ring (bicyclic) bond motifs is 1. The van der Waals surface area contributed by atoms with Gasteiger partial charge in [0.2, 0.25) is 5.13 Å². The zero-order valence-corrected chi connectivity index (χ0v) is 15.4. The van der Waals surface area contributed by atoms with Gasteiger partial charge in [-0.1, -0.05) is 30.4 Å². The zero-order chi connectivity index (χ0) is 16.8. The number of hydrogen-bond donors (Lipinski definition) is 0. The number of para-hydroxylation sites is 2. The Morgan fingerprint density at radius 2 is 1.88 bits per heavy atom. The summed E-state index contributed by atoms with van der Waals surface area (Å²) in [6.45, 7) is 4.31. The molecule has 1 aliphatic heterocycles. The van der Waals surface area contributed by atoms with Crippen LogP contribution in [0.1, 0.15) is 55.4 Å². The molecule has 0 atom stereocenters. The predicted molar refractivity (Wildman–Crippen MR) is 101 cm³/mol. The Morgan fingerprint density at radius 1 is 1.08 bits per heavy atom. The largest absolute Gasteiger partial charge is 0.347 e. The normalized spacial score (nSPS) is 19.0. The van der Waals surface area contributed by atoms with Crippen LogP contribution in [0.5, 0.6) is 0 Å². The van der Waals surface area contributed by atoms with Crippen molar-refractivity contribution in [3.05, 3.63) is 35.1 Å². The van der Waals surface area contributed by atoms with Crippen molar-refractivity contribution in [1.29, 1.82) is 0 Å². The van der Waals surface area contributed by atoms with Crippen LogP contribution in [0.25, 0.3) is 11.0 Å². The summed E-state index contributed by atoms with van der Waals surface area (Å²) in [6, 6.07) is 9.07. The molecular formula is C19H23N5S. The van der Waals surface area contributed by atoms with Crippen molar-refractivity contribution in [2.45, 2.75) is 51.0 Å². The minimum atomic E-state index is 0.537. The van der Waals surface area contributed by atoms with Crippen molar-refractivity contribution in [2.24, 2.45) is 0 Å². The number of nitrogens with zero attached hydrogens (tertiary/aromatic N) is 5. The van der Waals surface area contributed by atoms with Gasteiger partial charge in [-0.25, -0.2) is 4.98 Å². The second kappa shape index (κ2) is 6.09. The smallest absolute Gasteiger partial charge is 0.208 e. The van der Waals surface area contributed by atoms with Gasteiger partial charge in [-0.05, 0) is 37.8 Å². The Hall–Kier alpha value is -1.95. The lowest BCUT2D eigenvalue weighted by Gasteiger charge is -2.33. The zero-order valence-electron chi connectivity index (χ0n) is 14.6. The number of anilines is 1. The lowest BCUT2D eigenvalue weighted by molar-refractivity contribution is 0.394. The molecule has 5 rings (SSSR count). The highest BCUT2D eigenvalue weighted by molar-refractivity contribution is 7.15. The van der Waals surface area contributed by atoms with Crippen molar-refractivity contribution >= 4 is 27.5 Å². The molecule has 1 aromatic carbocycles. The number of piperidine rings is 1. The molecule has 0 spiro atoms.